The van der Waals surface area contributed by atoms with Crippen LogP contribution in [0.15, 0.2) is 52.9 Å². The van der Waals surface area contributed by atoms with Crippen molar-refractivity contribution in [2.24, 2.45) is 0 Å². The van der Waals surface area contributed by atoms with Crippen LogP contribution in [0, 0.1) is 0 Å². The van der Waals surface area contributed by atoms with Gasteiger partial charge >= 0.3 is 0 Å². The standard InChI is InChI=1S/C48H8B22O/c49-25-20(26(50)23-24-35(59)42(66)45(69)46(70)48(24)71-47(23)22(25)21-33(57)40(64)44(68)41(65)34(21)58)18-17-16(29(53)36(60)37(61)30(17)54)15(27(51)28(18)52)13-9-5-1-3-7-11(9)14(12-8-4-2-6-10(12)13)19-31(55)38(62)43(67)39(63)32(19)56/h1-8H. The summed E-state index contributed by atoms with van der Waals surface area (Å²) in [6.07, 6.45) is 0. The lowest BCUT2D eigenvalue weighted by Gasteiger charge is -2.31. The summed E-state index contributed by atoms with van der Waals surface area (Å²) in [5.74, 6) is 0. The molecule has 0 aliphatic heterocycles. The summed E-state index contributed by atoms with van der Waals surface area (Å²) in [6.45, 7) is 0. The summed E-state index contributed by atoms with van der Waals surface area (Å²) < 4.78 is 6.51. The van der Waals surface area contributed by atoms with E-state index in [1.54, 1.807) is 0 Å². The first-order chi connectivity index (χ1) is 33.5. The zero-order valence-corrected chi connectivity index (χ0v) is 37.7. The number of rotatable bonds is 4. The molecule has 23 heteroatoms. The molecule has 0 spiro atoms. The van der Waals surface area contributed by atoms with Crippen LogP contribution < -0.4 is 120 Å². The van der Waals surface area contributed by atoms with E-state index in [1.165, 1.54) is 0 Å². The molecule has 0 unspecified atom stereocenters. The van der Waals surface area contributed by atoms with Crippen molar-refractivity contribution >= 4 is 347 Å². The molecule has 0 atom stereocenters. The highest BCUT2D eigenvalue weighted by Gasteiger charge is 2.31. The quantitative estimate of drug-likeness (QED) is 0.127. The molecule has 1 heterocycles. The average Bonchev–Trinajstić information content (AvgIpc) is 3.77. The summed E-state index contributed by atoms with van der Waals surface area (Å²) in [5, 5.41) is 3.10. The molecule has 0 saturated carbocycles. The molecule has 1 nitrogen and oxygen atoms in total. The summed E-state index contributed by atoms with van der Waals surface area (Å²) in [4.78, 5) is 0. The van der Waals surface area contributed by atoms with E-state index >= 15 is 0 Å². The van der Waals surface area contributed by atoms with Crippen molar-refractivity contribution in [1.29, 1.82) is 0 Å². The molecule has 71 heavy (non-hydrogen) atoms. The molecule has 44 radical (unpaired) electrons. The van der Waals surface area contributed by atoms with Gasteiger partial charge in [0.05, 0.1) is 0 Å². The maximum absolute atomic E-state index is 7.44. The minimum atomic E-state index is -0.153. The van der Waals surface area contributed by atoms with Crippen LogP contribution in [0.5, 0.6) is 0 Å². The molecule has 9 aromatic carbocycles. The van der Waals surface area contributed by atoms with E-state index in [-0.39, 0.29) is 175 Å². The predicted octanol–water partition coefficient (Wildman–Crippen LogP) is -12.8. The molecule has 0 aliphatic carbocycles. The molecule has 0 amide bonds. The number of hydrogen-bond donors (Lipinski definition) is 0. The van der Waals surface area contributed by atoms with Gasteiger partial charge < -0.3 is 4.42 Å². The highest BCUT2D eigenvalue weighted by molar-refractivity contribution is 6.74. The molecular weight excluding hydrogens is 830 g/mol. The van der Waals surface area contributed by atoms with E-state index in [1.807, 2.05) is 48.5 Å². The van der Waals surface area contributed by atoms with E-state index in [9.17, 15) is 0 Å². The monoisotopic (exact) mass is 842 g/mol. The van der Waals surface area contributed by atoms with Gasteiger partial charge in [0.25, 0.3) is 0 Å². The Morgan fingerprint density at radius 1 is 0.183 bits per heavy atom. The first-order valence-corrected chi connectivity index (χ1v) is 21.4. The minimum absolute atomic E-state index is 0.00176. The van der Waals surface area contributed by atoms with Crippen molar-refractivity contribution in [3.05, 3.63) is 48.5 Å². The minimum Gasteiger partial charge on any atom is -0.456 e. The normalized spacial score (nSPS) is 11.8. The van der Waals surface area contributed by atoms with Crippen molar-refractivity contribution in [1.82, 2.24) is 0 Å². The van der Waals surface area contributed by atoms with Crippen molar-refractivity contribution < 1.29 is 4.42 Å². The Kier molecular flexibility index (Phi) is 12.1. The van der Waals surface area contributed by atoms with Gasteiger partial charge in [-0.3, -0.25) is 0 Å². The zero-order chi connectivity index (χ0) is 51.5. The van der Waals surface area contributed by atoms with Crippen LogP contribution in [0.4, 0.5) is 0 Å². The van der Waals surface area contributed by atoms with Gasteiger partial charge in [0.2, 0.25) is 0 Å². The third kappa shape index (κ3) is 6.64. The highest BCUT2D eigenvalue weighted by Crippen LogP contribution is 2.44. The van der Waals surface area contributed by atoms with Gasteiger partial charge in [-0.1, -0.05) is 114 Å². The largest absolute Gasteiger partial charge is 0.456 e. The van der Waals surface area contributed by atoms with E-state index in [0.717, 1.165) is 0 Å². The molecule has 1 aromatic heterocycles. The van der Waals surface area contributed by atoms with Crippen molar-refractivity contribution in [2.45, 2.75) is 0 Å². The van der Waals surface area contributed by atoms with Crippen molar-refractivity contribution in [2.75, 3.05) is 0 Å². The van der Waals surface area contributed by atoms with Crippen molar-refractivity contribution in [3.8, 4) is 44.5 Å². The maximum Gasteiger partial charge on any atom is 0.141 e. The third-order valence-corrected chi connectivity index (χ3v) is 13.9. The van der Waals surface area contributed by atoms with Crippen LogP contribution in [0.3, 0.4) is 0 Å². The summed E-state index contributed by atoms with van der Waals surface area (Å²) in [7, 11) is 149. The SMILES string of the molecule is [B]c1c([B])c([B])c(-c2c3ccccc3c(-c3c([B])c([B])c(-c4c([B])c(-c5c([B])c([B])c([B])c([B])c5[B])c5oc6c([B])c([B])c([B])c([B])c6c5c4[B])c4c([B])c([B])c([B])c([B])c34)c3ccccc23)c([B])c1[B]. The molecule has 0 bridgehead atoms. The Balaban J connectivity index is 1.46. The van der Waals surface area contributed by atoms with Crippen LogP contribution in [0.2, 0.25) is 0 Å². The van der Waals surface area contributed by atoms with Crippen LogP contribution in [0.25, 0.3) is 98.8 Å². The average molecular weight is 838 g/mol. The first kappa shape index (κ1) is 49.6. The fourth-order valence-electron chi connectivity index (χ4n) is 10.2. The predicted molar refractivity (Wildman–Crippen MR) is 327 cm³/mol. The molecule has 10 rings (SSSR count). The lowest BCUT2D eigenvalue weighted by Crippen LogP contribution is -2.55. The molecule has 0 saturated heterocycles. The highest BCUT2D eigenvalue weighted by atomic mass is 16.3. The van der Waals surface area contributed by atoms with Gasteiger partial charge in [0, 0.05) is 16.3 Å². The van der Waals surface area contributed by atoms with Gasteiger partial charge in [-0.25, -0.2) is 0 Å². The topological polar surface area (TPSA) is 13.1 Å². The lowest BCUT2D eigenvalue weighted by atomic mass is 9.57. The second kappa shape index (κ2) is 17.3. The Bertz CT molecular complexity index is 4030. The fraction of sp³-hybridized carbons (Fsp3) is 0. The fourth-order valence-corrected chi connectivity index (χ4v) is 10.2. The van der Waals surface area contributed by atoms with Crippen LogP contribution in [0.1, 0.15) is 0 Å². The van der Waals surface area contributed by atoms with Gasteiger partial charge in [-0.05, 0) is 71.3 Å². The maximum atomic E-state index is 7.44. The van der Waals surface area contributed by atoms with Crippen LogP contribution in [-0.4, -0.2) is 173 Å². The Morgan fingerprint density at radius 3 is 0.831 bits per heavy atom. The summed E-state index contributed by atoms with van der Waals surface area (Å²) >= 11 is 0. The third-order valence-electron chi connectivity index (χ3n) is 13.9. The van der Waals surface area contributed by atoms with Crippen LogP contribution in [-0.2, 0) is 0 Å². The number of hydrogen-bond acceptors (Lipinski definition) is 1. The Labute approximate surface area is 441 Å². The number of benzene rings is 9. The van der Waals surface area contributed by atoms with Gasteiger partial charge in [0.15, 0.2) is 0 Å². The van der Waals surface area contributed by atoms with Crippen LogP contribution >= 0.6 is 0 Å². The second-order valence-electron chi connectivity index (χ2n) is 17.5. The number of furan rings is 1. The first-order valence-electron chi connectivity index (χ1n) is 21.4. The molecule has 10 aromatic rings. The molecular formula is C48H8B22O. The van der Waals surface area contributed by atoms with Gasteiger partial charge in [0.1, 0.15) is 184 Å². The smallest absolute Gasteiger partial charge is 0.141 e. The molecule has 0 aliphatic rings. The summed E-state index contributed by atoms with van der Waals surface area (Å²) in [6, 6.07) is 14.9. The van der Waals surface area contributed by atoms with E-state index in [0.29, 0.717) is 43.8 Å². The van der Waals surface area contributed by atoms with E-state index in [4.69, 9.17) is 177 Å². The lowest BCUT2D eigenvalue weighted by molar-refractivity contribution is 0.673. The Hall–Kier alpha value is -5.01. The van der Waals surface area contributed by atoms with Gasteiger partial charge in [-0.2, -0.15) is 0 Å². The zero-order valence-electron chi connectivity index (χ0n) is 37.7. The molecule has 272 valence electrons. The Morgan fingerprint density at radius 2 is 0.437 bits per heavy atom. The van der Waals surface area contributed by atoms with E-state index in [2.05, 4.69) is 0 Å². The van der Waals surface area contributed by atoms with E-state index < -0.39 is 0 Å². The second-order valence-corrected chi connectivity index (χ2v) is 17.5. The number of fused-ring (bicyclic) bond motifs is 6. The van der Waals surface area contributed by atoms with Gasteiger partial charge in [-0.15, -0.1) is 54.6 Å². The van der Waals surface area contributed by atoms with Crippen molar-refractivity contribution in [3.63, 3.8) is 0 Å². The molecule has 0 N–H and O–H groups in total. The molecule has 0 fully saturated rings. The summed E-state index contributed by atoms with van der Waals surface area (Å²) in [5.41, 5.74) is 0.831.